The third-order valence-electron chi connectivity index (χ3n) is 6.56. The lowest BCUT2D eigenvalue weighted by Gasteiger charge is -2.27. The average molecular weight is 609 g/mol. The van der Waals surface area contributed by atoms with Crippen LogP contribution in [0.2, 0.25) is 0 Å². The minimum atomic E-state index is -5.06. The highest BCUT2D eigenvalue weighted by molar-refractivity contribution is 8.00. The number of halogens is 3. The van der Waals surface area contributed by atoms with Crippen molar-refractivity contribution in [1.29, 1.82) is 0 Å². The quantitative estimate of drug-likeness (QED) is 0.364. The number of amides is 2. The second-order valence-corrected chi connectivity index (χ2v) is 10.9. The van der Waals surface area contributed by atoms with Crippen LogP contribution in [0.3, 0.4) is 0 Å². The molecule has 224 valence electrons. The molecule has 2 amide bonds. The Morgan fingerprint density at radius 1 is 1.24 bits per heavy atom. The van der Waals surface area contributed by atoms with Crippen LogP contribution >= 0.6 is 0 Å². The van der Waals surface area contributed by atoms with Gasteiger partial charge < -0.3 is 30.3 Å². The van der Waals surface area contributed by atoms with Gasteiger partial charge in [-0.15, -0.1) is 13.2 Å². The lowest BCUT2D eigenvalue weighted by molar-refractivity contribution is -0.274. The number of esters is 1. The maximum absolute atomic E-state index is 13.3. The first-order valence-electron chi connectivity index (χ1n) is 12.5. The van der Waals surface area contributed by atoms with Crippen LogP contribution in [0.5, 0.6) is 5.75 Å². The Bertz CT molecular complexity index is 1540. The van der Waals surface area contributed by atoms with E-state index in [1.165, 1.54) is 30.6 Å². The molecular weight excluding hydrogens is 581 g/mol. The van der Waals surface area contributed by atoms with Gasteiger partial charge in [-0.3, -0.25) is 9.59 Å². The van der Waals surface area contributed by atoms with E-state index in [4.69, 9.17) is 10.5 Å². The van der Waals surface area contributed by atoms with E-state index in [1.807, 2.05) is 0 Å². The predicted molar refractivity (Wildman–Crippen MR) is 146 cm³/mol. The number of nitrogens with one attached hydrogen (secondary N) is 1. The molecule has 3 N–H and O–H groups in total. The van der Waals surface area contributed by atoms with E-state index in [0.29, 0.717) is 11.2 Å². The maximum Gasteiger partial charge on any atom is 0.573 e. The van der Waals surface area contributed by atoms with E-state index >= 15 is 0 Å². The zero-order valence-electron chi connectivity index (χ0n) is 22.7. The van der Waals surface area contributed by atoms with Crippen molar-refractivity contribution in [3.8, 4) is 5.75 Å². The zero-order valence-corrected chi connectivity index (χ0v) is 23.5. The summed E-state index contributed by atoms with van der Waals surface area (Å²) < 4.78 is 61.6. The molecule has 0 spiro atoms. The molecule has 3 atom stereocenters. The Labute approximate surface area is 240 Å². The van der Waals surface area contributed by atoms with Gasteiger partial charge in [0.25, 0.3) is 0 Å². The van der Waals surface area contributed by atoms with Crippen LogP contribution < -0.4 is 20.7 Å². The number of likely N-dealkylation sites (tertiary alicyclic amines) is 1. The number of carbonyl (C=O) groups is 3. The van der Waals surface area contributed by atoms with Crippen molar-refractivity contribution in [2.24, 2.45) is 0 Å². The van der Waals surface area contributed by atoms with Crippen molar-refractivity contribution in [2.45, 2.75) is 36.2 Å². The SMILES string of the molecule is COC(=O)C(Cc1cc2ccnc(N)c2cc1OC(F)(F)F)N1CC[C@H](NC(=O)S(=O)c2ccc(N(C)C)nc2)C1=O. The van der Waals surface area contributed by atoms with Gasteiger partial charge in [-0.05, 0) is 47.7 Å². The normalized spacial score (nSPS) is 16.7. The van der Waals surface area contributed by atoms with Gasteiger partial charge in [0.15, 0.2) is 0 Å². The second kappa shape index (κ2) is 12.2. The van der Waals surface area contributed by atoms with Crippen LogP contribution in [0.15, 0.2) is 47.6 Å². The highest BCUT2D eigenvalue weighted by atomic mass is 32.2. The third-order valence-corrected chi connectivity index (χ3v) is 7.68. The van der Waals surface area contributed by atoms with Crippen LogP contribution in [0.25, 0.3) is 10.8 Å². The number of hydrogen-bond acceptors (Lipinski definition) is 10. The lowest BCUT2D eigenvalue weighted by atomic mass is 10.00. The van der Waals surface area contributed by atoms with Gasteiger partial charge in [0.1, 0.15) is 40.3 Å². The molecule has 12 nitrogen and oxygen atoms in total. The number of hydrogen-bond donors (Lipinski definition) is 2. The van der Waals surface area contributed by atoms with Gasteiger partial charge in [0, 0.05) is 44.8 Å². The van der Waals surface area contributed by atoms with Gasteiger partial charge in [-0.1, -0.05) is 0 Å². The van der Waals surface area contributed by atoms with Gasteiger partial charge >= 0.3 is 17.6 Å². The number of nitrogen functional groups attached to an aromatic ring is 1. The summed E-state index contributed by atoms with van der Waals surface area (Å²) in [5, 5.41) is 2.13. The summed E-state index contributed by atoms with van der Waals surface area (Å²) in [7, 11) is 2.42. The molecule has 1 fully saturated rings. The van der Waals surface area contributed by atoms with Gasteiger partial charge in [-0.25, -0.2) is 19.0 Å². The molecule has 42 heavy (non-hydrogen) atoms. The molecule has 0 saturated carbocycles. The van der Waals surface area contributed by atoms with Gasteiger partial charge in [0.05, 0.1) is 12.0 Å². The minimum absolute atomic E-state index is 0.0225. The number of alkyl halides is 3. The number of benzene rings is 1. The van der Waals surface area contributed by atoms with Gasteiger partial charge in [0.2, 0.25) is 5.91 Å². The molecular formula is C26H27F3N6O6S. The molecule has 0 bridgehead atoms. The van der Waals surface area contributed by atoms with Crippen LogP contribution in [0, 0.1) is 0 Å². The number of pyridine rings is 2. The van der Waals surface area contributed by atoms with Crippen molar-refractivity contribution < 1.29 is 41.2 Å². The number of aromatic nitrogens is 2. The molecule has 0 aliphatic carbocycles. The molecule has 1 aliphatic heterocycles. The van der Waals surface area contributed by atoms with E-state index in [-0.39, 0.29) is 34.6 Å². The van der Waals surface area contributed by atoms with E-state index < -0.39 is 58.5 Å². The van der Waals surface area contributed by atoms with Crippen molar-refractivity contribution in [3.05, 3.63) is 48.3 Å². The van der Waals surface area contributed by atoms with E-state index in [1.54, 1.807) is 25.1 Å². The topological polar surface area (TPSA) is 157 Å². The molecule has 3 aromatic rings. The fourth-order valence-corrected chi connectivity index (χ4v) is 5.31. The number of methoxy groups -OCH3 is 1. The van der Waals surface area contributed by atoms with Crippen molar-refractivity contribution in [2.75, 3.05) is 38.4 Å². The molecule has 4 rings (SSSR count). The Kier molecular flexibility index (Phi) is 8.84. The average Bonchev–Trinajstić information content (AvgIpc) is 3.29. The number of ether oxygens (including phenoxy) is 2. The summed E-state index contributed by atoms with van der Waals surface area (Å²) in [5.41, 5.74) is 5.78. The number of nitrogens with zero attached hydrogens (tertiary/aromatic N) is 4. The van der Waals surface area contributed by atoms with Crippen LogP contribution in [0.1, 0.15) is 12.0 Å². The molecule has 0 radical (unpaired) electrons. The van der Waals surface area contributed by atoms with Crippen molar-refractivity contribution in [3.63, 3.8) is 0 Å². The highest BCUT2D eigenvalue weighted by Gasteiger charge is 2.41. The molecule has 1 saturated heterocycles. The Balaban J connectivity index is 1.56. The largest absolute Gasteiger partial charge is 0.573 e. The first kappa shape index (κ1) is 30.5. The van der Waals surface area contributed by atoms with Crippen molar-refractivity contribution in [1.82, 2.24) is 20.2 Å². The highest BCUT2D eigenvalue weighted by Crippen LogP contribution is 2.34. The maximum atomic E-state index is 13.3. The van der Waals surface area contributed by atoms with Crippen LogP contribution in [-0.2, 0) is 31.5 Å². The Morgan fingerprint density at radius 2 is 1.98 bits per heavy atom. The fourth-order valence-electron chi connectivity index (χ4n) is 4.51. The van der Waals surface area contributed by atoms with E-state index in [0.717, 1.165) is 18.1 Å². The fraction of sp³-hybridized carbons (Fsp3) is 0.346. The summed E-state index contributed by atoms with van der Waals surface area (Å²) in [6.45, 7) is -0.0326. The first-order valence-corrected chi connectivity index (χ1v) is 13.6. The molecule has 16 heteroatoms. The second-order valence-electron chi connectivity index (χ2n) is 9.49. The molecule has 2 aromatic heterocycles. The number of rotatable bonds is 8. The molecule has 3 heterocycles. The first-order chi connectivity index (χ1) is 19.8. The third kappa shape index (κ3) is 6.70. The van der Waals surface area contributed by atoms with E-state index in [2.05, 4.69) is 20.0 Å². The molecule has 2 unspecified atom stereocenters. The summed E-state index contributed by atoms with van der Waals surface area (Å²) in [6, 6.07) is 4.53. The zero-order chi connectivity index (χ0) is 30.8. The number of carbonyl (C=O) groups excluding carboxylic acids is 3. The predicted octanol–water partition coefficient (Wildman–Crippen LogP) is 2.38. The minimum Gasteiger partial charge on any atom is -0.467 e. The number of nitrogens with two attached hydrogens (primary N) is 1. The number of fused-ring (bicyclic) bond motifs is 1. The number of anilines is 2. The Hall–Kier alpha value is -4.47. The van der Waals surface area contributed by atoms with E-state index in [9.17, 15) is 31.8 Å². The molecule has 1 aromatic carbocycles. The summed E-state index contributed by atoms with van der Waals surface area (Å²) >= 11 is 0. The summed E-state index contributed by atoms with van der Waals surface area (Å²) in [4.78, 5) is 49.7. The lowest BCUT2D eigenvalue weighted by Crippen LogP contribution is -2.48. The molecule has 1 aliphatic rings. The van der Waals surface area contributed by atoms with Crippen LogP contribution in [-0.4, -0.2) is 82.4 Å². The van der Waals surface area contributed by atoms with Crippen LogP contribution in [0.4, 0.5) is 29.6 Å². The standard InChI is InChI=1S/C26H27F3N6O6S/c1-34(2)21-5-4-16(13-32-21)42(39)25(38)33-18-7-9-35(23(18)36)19(24(37)40-3)11-15-10-14-6-8-31-22(30)17(14)12-20(15)41-26(27,28)29/h4-6,8,10,12-13,18-19H,7,9,11H2,1-3H3,(H2,30,31)(H,33,38)/t18-,19?,42?/m0/s1. The summed E-state index contributed by atoms with van der Waals surface area (Å²) in [6.07, 6.45) is -2.75. The smallest absolute Gasteiger partial charge is 0.467 e. The summed E-state index contributed by atoms with van der Waals surface area (Å²) in [5.74, 6) is -1.64. The Morgan fingerprint density at radius 3 is 2.60 bits per heavy atom. The van der Waals surface area contributed by atoms with Gasteiger partial charge in [-0.2, -0.15) is 0 Å². The monoisotopic (exact) mass is 608 g/mol. The van der Waals surface area contributed by atoms with Crippen molar-refractivity contribution >= 4 is 50.3 Å².